The molecule has 0 aromatic carbocycles. The molecule has 3 heterocycles. The average Bonchev–Trinajstić information content (AvgIpc) is 3.09. The van der Waals surface area contributed by atoms with Crippen molar-refractivity contribution in [1.82, 2.24) is 30.1 Å². The Hall–Kier alpha value is -3.10. The number of carbonyl (C=O) groups is 1. The highest BCUT2D eigenvalue weighted by molar-refractivity contribution is 5.92. The van der Waals surface area contributed by atoms with Crippen molar-refractivity contribution in [2.45, 2.75) is 6.54 Å². The van der Waals surface area contributed by atoms with Crippen LogP contribution in [-0.2, 0) is 6.54 Å². The van der Waals surface area contributed by atoms with Crippen molar-refractivity contribution in [2.24, 2.45) is 0 Å². The Balaban J connectivity index is 2.09. The van der Waals surface area contributed by atoms with Gasteiger partial charge in [-0.2, -0.15) is 4.98 Å². The number of aromatic nitrogens is 6. The summed E-state index contributed by atoms with van der Waals surface area (Å²) in [4.78, 5) is 19.0. The number of rotatable bonds is 4. The third-order valence-electron chi connectivity index (χ3n) is 2.59. The van der Waals surface area contributed by atoms with Gasteiger partial charge in [0, 0.05) is 18.0 Å². The van der Waals surface area contributed by atoms with Crippen molar-refractivity contribution in [2.75, 3.05) is 0 Å². The molecular formula is C11H8N6O3. The molecule has 3 rings (SSSR count). The highest BCUT2D eigenvalue weighted by atomic mass is 16.5. The molecule has 3 aromatic heterocycles. The van der Waals surface area contributed by atoms with Crippen LogP contribution in [0.25, 0.3) is 11.3 Å². The van der Waals surface area contributed by atoms with E-state index < -0.39 is 5.97 Å². The molecule has 0 aliphatic rings. The van der Waals surface area contributed by atoms with Crippen LogP contribution in [0.5, 0.6) is 0 Å². The van der Waals surface area contributed by atoms with Crippen molar-refractivity contribution in [1.29, 1.82) is 0 Å². The van der Waals surface area contributed by atoms with E-state index in [1.807, 2.05) is 0 Å². The first-order valence-electron chi connectivity index (χ1n) is 5.58. The van der Waals surface area contributed by atoms with Gasteiger partial charge in [-0.15, -0.1) is 5.10 Å². The summed E-state index contributed by atoms with van der Waals surface area (Å²) >= 11 is 0. The van der Waals surface area contributed by atoms with Gasteiger partial charge in [0.15, 0.2) is 11.5 Å². The summed E-state index contributed by atoms with van der Waals surface area (Å²) in [7, 11) is 0. The van der Waals surface area contributed by atoms with Gasteiger partial charge in [-0.05, 0) is 12.1 Å². The Kier molecular flexibility index (Phi) is 2.92. The van der Waals surface area contributed by atoms with E-state index in [2.05, 4.69) is 30.0 Å². The number of pyridine rings is 1. The molecule has 0 amide bonds. The lowest BCUT2D eigenvalue weighted by atomic mass is 10.1. The highest BCUT2D eigenvalue weighted by Crippen LogP contribution is 2.22. The fourth-order valence-electron chi connectivity index (χ4n) is 1.76. The fraction of sp³-hybridized carbons (Fsp3) is 0.0909. The SMILES string of the molecule is O=C(O)c1nnn(Cc2ncon2)c1-c1ccncc1. The second-order valence-electron chi connectivity index (χ2n) is 3.83. The second-order valence-corrected chi connectivity index (χ2v) is 3.83. The maximum Gasteiger partial charge on any atom is 0.358 e. The first kappa shape index (κ1) is 12.0. The highest BCUT2D eigenvalue weighted by Gasteiger charge is 2.21. The minimum Gasteiger partial charge on any atom is -0.476 e. The maximum atomic E-state index is 11.2. The predicted octanol–water partition coefficient (Wildman–Crippen LogP) is 0.470. The zero-order valence-electron chi connectivity index (χ0n) is 10.0. The van der Waals surface area contributed by atoms with Crippen LogP contribution in [0, 0.1) is 0 Å². The van der Waals surface area contributed by atoms with E-state index in [1.54, 1.807) is 24.5 Å². The van der Waals surface area contributed by atoms with Crippen LogP contribution in [0.1, 0.15) is 16.3 Å². The number of nitrogens with zero attached hydrogens (tertiary/aromatic N) is 6. The van der Waals surface area contributed by atoms with Crippen molar-refractivity contribution < 1.29 is 14.4 Å². The topological polar surface area (TPSA) is 120 Å². The molecule has 0 fully saturated rings. The number of hydrogen-bond acceptors (Lipinski definition) is 7. The molecule has 100 valence electrons. The normalized spacial score (nSPS) is 10.6. The summed E-state index contributed by atoms with van der Waals surface area (Å²) in [5.41, 5.74) is 0.871. The van der Waals surface area contributed by atoms with E-state index in [0.29, 0.717) is 17.1 Å². The molecule has 20 heavy (non-hydrogen) atoms. The molecule has 3 aromatic rings. The number of hydrogen-bond donors (Lipinski definition) is 1. The van der Waals surface area contributed by atoms with Crippen molar-refractivity contribution in [3.8, 4) is 11.3 Å². The van der Waals surface area contributed by atoms with Gasteiger partial charge in [0.05, 0.1) is 0 Å². The lowest BCUT2D eigenvalue weighted by molar-refractivity contribution is 0.0691. The molecule has 0 bridgehead atoms. The molecular weight excluding hydrogens is 264 g/mol. The Labute approximate surface area is 111 Å². The molecule has 0 spiro atoms. The van der Waals surface area contributed by atoms with Crippen LogP contribution < -0.4 is 0 Å². The largest absolute Gasteiger partial charge is 0.476 e. The van der Waals surface area contributed by atoms with Crippen LogP contribution in [0.3, 0.4) is 0 Å². The zero-order valence-corrected chi connectivity index (χ0v) is 10.0. The smallest absolute Gasteiger partial charge is 0.358 e. The van der Waals surface area contributed by atoms with Crippen molar-refractivity contribution in [3.05, 3.63) is 42.4 Å². The molecule has 9 nitrogen and oxygen atoms in total. The second kappa shape index (κ2) is 4.88. The van der Waals surface area contributed by atoms with Gasteiger partial charge in [0.25, 0.3) is 0 Å². The molecule has 0 unspecified atom stereocenters. The Bertz CT molecular complexity index is 722. The van der Waals surface area contributed by atoms with Crippen LogP contribution >= 0.6 is 0 Å². The van der Waals surface area contributed by atoms with E-state index in [1.165, 1.54) is 11.1 Å². The summed E-state index contributed by atoms with van der Waals surface area (Å²) in [6.45, 7) is 0.161. The van der Waals surface area contributed by atoms with Gasteiger partial charge < -0.3 is 9.63 Å². The minimum absolute atomic E-state index is 0.139. The van der Waals surface area contributed by atoms with E-state index in [-0.39, 0.29) is 12.2 Å². The van der Waals surface area contributed by atoms with Crippen molar-refractivity contribution in [3.63, 3.8) is 0 Å². The van der Waals surface area contributed by atoms with Crippen LogP contribution in [0.2, 0.25) is 0 Å². The van der Waals surface area contributed by atoms with Crippen LogP contribution in [0.4, 0.5) is 0 Å². The van der Waals surface area contributed by atoms with Gasteiger partial charge in [0.1, 0.15) is 12.2 Å². The number of carboxylic acids is 1. The van der Waals surface area contributed by atoms with E-state index >= 15 is 0 Å². The molecule has 0 radical (unpaired) electrons. The van der Waals surface area contributed by atoms with Gasteiger partial charge in [-0.3, -0.25) is 4.98 Å². The molecule has 0 aliphatic carbocycles. The zero-order chi connectivity index (χ0) is 13.9. The lowest BCUT2D eigenvalue weighted by Crippen LogP contribution is -2.07. The summed E-state index contributed by atoms with van der Waals surface area (Å²) in [6, 6.07) is 3.36. The number of aromatic carboxylic acids is 1. The van der Waals surface area contributed by atoms with E-state index in [4.69, 9.17) is 0 Å². The quantitative estimate of drug-likeness (QED) is 0.727. The Morgan fingerprint density at radius 1 is 1.35 bits per heavy atom. The van der Waals surface area contributed by atoms with Gasteiger partial charge in [0.2, 0.25) is 6.39 Å². The number of carboxylic acid groups (broad SMARTS) is 1. The Morgan fingerprint density at radius 2 is 2.15 bits per heavy atom. The van der Waals surface area contributed by atoms with Crippen LogP contribution in [-0.4, -0.2) is 41.2 Å². The van der Waals surface area contributed by atoms with Gasteiger partial charge >= 0.3 is 5.97 Å². The summed E-state index contributed by atoms with van der Waals surface area (Å²) < 4.78 is 6.04. The third-order valence-corrected chi connectivity index (χ3v) is 2.59. The monoisotopic (exact) mass is 272 g/mol. The predicted molar refractivity (Wildman–Crippen MR) is 63.6 cm³/mol. The molecule has 0 aliphatic heterocycles. The molecule has 0 saturated heterocycles. The lowest BCUT2D eigenvalue weighted by Gasteiger charge is -2.04. The first-order chi connectivity index (χ1) is 9.75. The van der Waals surface area contributed by atoms with Crippen LogP contribution in [0.15, 0.2) is 35.4 Å². The molecule has 0 saturated carbocycles. The average molecular weight is 272 g/mol. The molecule has 0 atom stereocenters. The van der Waals surface area contributed by atoms with E-state index in [0.717, 1.165) is 0 Å². The standard InChI is InChI=1S/C11H8N6O3/c18-11(19)9-10(7-1-3-12-4-2-7)17(16-14-9)5-8-13-6-20-15-8/h1-4,6H,5H2,(H,18,19). The molecule has 1 N–H and O–H groups in total. The van der Waals surface area contributed by atoms with Crippen molar-refractivity contribution >= 4 is 5.97 Å². The maximum absolute atomic E-state index is 11.2. The molecule has 9 heteroatoms. The third kappa shape index (κ3) is 2.11. The summed E-state index contributed by atoms with van der Waals surface area (Å²) in [5.74, 6) is -0.779. The summed E-state index contributed by atoms with van der Waals surface area (Å²) in [6.07, 6.45) is 4.32. The minimum atomic E-state index is -1.16. The van der Waals surface area contributed by atoms with E-state index in [9.17, 15) is 9.90 Å². The Morgan fingerprint density at radius 3 is 2.80 bits per heavy atom. The van der Waals surface area contributed by atoms with Gasteiger partial charge in [-0.1, -0.05) is 10.4 Å². The first-order valence-corrected chi connectivity index (χ1v) is 5.58. The summed E-state index contributed by atoms with van der Waals surface area (Å²) in [5, 5.41) is 20.4. The fourth-order valence-corrected chi connectivity index (χ4v) is 1.76. The van der Waals surface area contributed by atoms with Gasteiger partial charge in [-0.25, -0.2) is 9.48 Å².